The molecule has 1 heterocycles. The summed E-state index contributed by atoms with van der Waals surface area (Å²) in [6.07, 6.45) is 4.74. The molecule has 4 nitrogen and oxygen atoms in total. The Morgan fingerprint density at radius 3 is 2.57 bits per heavy atom. The van der Waals surface area contributed by atoms with Gasteiger partial charge in [-0.05, 0) is 35.7 Å². The fourth-order valence-electron chi connectivity index (χ4n) is 2.31. The molecule has 0 saturated carbocycles. The first kappa shape index (κ1) is 17.5. The van der Waals surface area contributed by atoms with E-state index in [1.54, 1.807) is 6.20 Å². The standard InChI is InChI=1S/C18H26N4S/c1-18(2,3)16(14-22-13-7-11-20-22)21-17(23)19-12-10-15-8-5-4-6-9-15/h4-9,11,13,16H,10,12,14H2,1-3H3,(H2,19,21,23). The van der Waals surface area contributed by atoms with Crippen molar-refractivity contribution in [1.82, 2.24) is 20.4 Å². The summed E-state index contributed by atoms with van der Waals surface area (Å²) in [5.41, 5.74) is 1.39. The normalized spacial score (nSPS) is 12.7. The lowest BCUT2D eigenvalue weighted by Crippen LogP contribution is -2.50. The summed E-state index contributed by atoms with van der Waals surface area (Å²) in [5.74, 6) is 0. The summed E-state index contributed by atoms with van der Waals surface area (Å²) in [7, 11) is 0. The van der Waals surface area contributed by atoms with Gasteiger partial charge in [0.15, 0.2) is 5.11 Å². The van der Waals surface area contributed by atoms with E-state index >= 15 is 0 Å². The van der Waals surface area contributed by atoms with Crippen LogP contribution in [0.2, 0.25) is 0 Å². The maximum absolute atomic E-state index is 5.46. The van der Waals surface area contributed by atoms with Crippen molar-refractivity contribution >= 4 is 17.3 Å². The smallest absolute Gasteiger partial charge is 0.166 e. The Hall–Kier alpha value is -1.88. The molecule has 0 saturated heterocycles. The second-order valence-corrected chi connectivity index (χ2v) is 7.19. The van der Waals surface area contributed by atoms with Crippen LogP contribution in [-0.4, -0.2) is 27.5 Å². The van der Waals surface area contributed by atoms with Gasteiger partial charge in [0, 0.05) is 18.9 Å². The number of nitrogens with zero attached hydrogens (tertiary/aromatic N) is 2. The molecule has 5 heteroatoms. The minimum Gasteiger partial charge on any atom is -0.362 e. The molecule has 0 spiro atoms. The van der Waals surface area contributed by atoms with Crippen molar-refractivity contribution < 1.29 is 0 Å². The summed E-state index contributed by atoms with van der Waals surface area (Å²) in [6, 6.07) is 12.6. The number of hydrogen-bond donors (Lipinski definition) is 2. The third kappa shape index (κ3) is 6.02. The Morgan fingerprint density at radius 2 is 1.96 bits per heavy atom. The molecule has 0 bridgehead atoms. The molecular weight excluding hydrogens is 304 g/mol. The molecule has 0 aliphatic carbocycles. The zero-order chi connectivity index (χ0) is 16.7. The minimum absolute atomic E-state index is 0.0805. The number of aromatic nitrogens is 2. The molecule has 23 heavy (non-hydrogen) atoms. The van der Waals surface area contributed by atoms with Crippen LogP contribution in [0.15, 0.2) is 48.8 Å². The van der Waals surface area contributed by atoms with Crippen LogP contribution in [0.25, 0.3) is 0 Å². The lowest BCUT2D eigenvalue weighted by molar-refractivity contribution is 0.260. The maximum atomic E-state index is 5.46. The van der Waals surface area contributed by atoms with Crippen LogP contribution in [0.1, 0.15) is 26.3 Å². The van der Waals surface area contributed by atoms with E-state index in [1.165, 1.54) is 5.56 Å². The lowest BCUT2D eigenvalue weighted by atomic mass is 9.87. The quantitative estimate of drug-likeness (QED) is 0.799. The number of thiocarbonyl (C=S) groups is 1. The Balaban J connectivity index is 1.82. The molecule has 1 aromatic heterocycles. The second kappa shape index (κ2) is 8.11. The summed E-state index contributed by atoms with van der Waals surface area (Å²) in [4.78, 5) is 0. The molecule has 0 fully saturated rings. The van der Waals surface area contributed by atoms with Crippen LogP contribution < -0.4 is 10.6 Å². The van der Waals surface area contributed by atoms with Gasteiger partial charge in [-0.25, -0.2) is 0 Å². The van der Waals surface area contributed by atoms with Crippen LogP contribution >= 0.6 is 12.2 Å². The molecular formula is C18H26N4S. The summed E-state index contributed by atoms with van der Waals surface area (Å²) in [6.45, 7) is 8.24. The van der Waals surface area contributed by atoms with Crippen molar-refractivity contribution in [2.45, 2.75) is 39.8 Å². The van der Waals surface area contributed by atoms with Gasteiger partial charge in [0.05, 0.1) is 12.6 Å². The molecule has 0 radical (unpaired) electrons. The highest BCUT2D eigenvalue weighted by Gasteiger charge is 2.25. The third-order valence-electron chi connectivity index (χ3n) is 3.82. The Kier molecular flexibility index (Phi) is 6.16. The van der Waals surface area contributed by atoms with E-state index in [0.29, 0.717) is 5.11 Å². The first-order valence-electron chi connectivity index (χ1n) is 8.01. The predicted octanol–water partition coefficient (Wildman–Crippen LogP) is 3.00. The average molecular weight is 331 g/mol. The van der Waals surface area contributed by atoms with Gasteiger partial charge < -0.3 is 10.6 Å². The van der Waals surface area contributed by atoms with Crippen LogP contribution in [0.5, 0.6) is 0 Å². The predicted molar refractivity (Wildman–Crippen MR) is 99.4 cm³/mol. The Labute approximate surface area is 144 Å². The molecule has 0 aliphatic rings. The summed E-state index contributed by atoms with van der Waals surface area (Å²) >= 11 is 5.46. The minimum atomic E-state index is 0.0805. The van der Waals surface area contributed by atoms with Crippen LogP contribution in [0.3, 0.4) is 0 Å². The highest BCUT2D eigenvalue weighted by atomic mass is 32.1. The molecule has 1 atom stereocenters. The molecule has 124 valence electrons. The summed E-state index contributed by atoms with van der Waals surface area (Å²) in [5, 5.41) is 11.7. The second-order valence-electron chi connectivity index (χ2n) is 6.78. The van der Waals surface area contributed by atoms with Crippen molar-refractivity contribution in [3.8, 4) is 0 Å². The van der Waals surface area contributed by atoms with E-state index < -0.39 is 0 Å². The van der Waals surface area contributed by atoms with Gasteiger partial charge in [0.1, 0.15) is 0 Å². The van der Waals surface area contributed by atoms with Crippen molar-refractivity contribution in [1.29, 1.82) is 0 Å². The molecule has 1 aromatic carbocycles. The van der Waals surface area contributed by atoms with Gasteiger partial charge >= 0.3 is 0 Å². The van der Waals surface area contributed by atoms with Crippen molar-refractivity contribution in [3.05, 3.63) is 54.4 Å². The largest absolute Gasteiger partial charge is 0.362 e. The van der Waals surface area contributed by atoms with Crippen molar-refractivity contribution in [3.63, 3.8) is 0 Å². The molecule has 0 amide bonds. The SMILES string of the molecule is CC(C)(C)C(Cn1cccn1)NC(=S)NCCc1ccccc1. The molecule has 0 aliphatic heterocycles. The van der Waals surface area contributed by atoms with Crippen LogP contribution in [0.4, 0.5) is 0 Å². The number of benzene rings is 1. The number of hydrogen-bond acceptors (Lipinski definition) is 2. The van der Waals surface area contributed by atoms with E-state index in [0.717, 1.165) is 19.5 Å². The van der Waals surface area contributed by atoms with Gasteiger partial charge in [-0.2, -0.15) is 5.10 Å². The number of rotatable bonds is 6. The highest BCUT2D eigenvalue weighted by molar-refractivity contribution is 7.80. The van der Waals surface area contributed by atoms with Gasteiger partial charge in [0.25, 0.3) is 0 Å². The zero-order valence-corrected chi connectivity index (χ0v) is 14.9. The third-order valence-corrected chi connectivity index (χ3v) is 4.08. The molecule has 2 rings (SSSR count). The van der Waals surface area contributed by atoms with E-state index in [4.69, 9.17) is 12.2 Å². The van der Waals surface area contributed by atoms with E-state index in [1.807, 2.05) is 23.0 Å². The first-order chi connectivity index (χ1) is 10.9. The topological polar surface area (TPSA) is 41.9 Å². The average Bonchev–Trinajstić information content (AvgIpc) is 3.00. The van der Waals surface area contributed by atoms with E-state index in [-0.39, 0.29) is 11.5 Å². The van der Waals surface area contributed by atoms with Gasteiger partial charge in [-0.15, -0.1) is 0 Å². The van der Waals surface area contributed by atoms with Gasteiger partial charge in [-0.1, -0.05) is 51.1 Å². The monoisotopic (exact) mass is 330 g/mol. The molecule has 1 unspecified atom stereocenters. The number of nitrogens with one attached hydrogen (secondary N) is 2. The van der Waals surface area contributed by atoms with Gasteiger partial charge in [-0.3, -0.25) is 4.68 Å². The van der Waals surface area contributed by atoms with Crippen LogP contribution in [0, 0.1) is 5.41 Å². The first-order valence-corrected chi connectivity index (χ1v) is 8.42. The lowest BCUT2D eigenvalue weighted by Gasteiger charge is -2.32. The zero-order valence-electron chi connectivity index (χ0n) is 14.1. The fraction of sp³-hybridized carbons (Fsp3) is 0.444. The van der Waals surface area contributed by atoms with Crippen LogP contribution in [-0.2, 0) is 13.0 Å². The van der Waals surface area contributed by atoms with Crippen molar-refractivity contribution in [2.75, 3.05) is 6.54 Å². The van der Waals surface area contributed by atoms with E-state index in [2.05, 4.69) is 60.8 Å². The van der Waals surface area contributed by atoms with Gasteiger partial charge in [0.2, 0.25) is 0 Å². The van der Waals surface area contributed by atoms with E-state index in [9.17, 15) is 0 Å². The summed E-state index contributed by atoms with van der Waals surface area (Å²) < 4.78 is 1.94. The fourth-order valence-corrected chi connectivity index (χ4v) is 2.55. The molecule has 2 aromatic rings. The highest BCUT2D eigenvalue weighted by Crippen LogP contribution is 2.20. The Bertz CT molecular complexity index is 587. The van der Waals surface area contributed by atoms with Crippen molar-refractivity contribution in [2.24, 2.45) is 5.41 Å². The molecule has 2 N–H and O–H groups in total. The Morgan fingerprint density at radius 1 is 1.22 bits per heavy atom. The maximum Gasteiger partial charge on any atom is 0.166 e.